The molecule has 1 amide bonds. The van der Waals surface area contributed by atoms with E-state index in [2.05, 4.69) is 20.5 Å². The molecule has 0 aliphatic heterocycles. The summed E-state index contributed by atoms with van der Waals surface area (Å²) in [6.07, 6.45) is 3.01. The van der Waals surface area contributed by atoms with E-state index in [9.17, 15) is 13.6 Å². The molecule has 0 saturated heterocycles. The monoisotopic (exact) mass is 384 g/mol. The summed E-state index contributed by atoms with van der Waals surface area (Å²) in [7, 11) is 0. The highest BCUT2D eigenvalue weighted by molar-refractivity contribution is 6.21. The van der Waals surface area contributed by atoms with E-state index in [1.807, 2.05) is 6.92 Å². The summed E-state index contributed by atoms with van der Waals surface area (Å²) < 4.78 is 34.7. The maximum absolute atomic E-state index is 13.6. The number of alkyl halides is 3. The van der Waals surface area contributed by atoms with Gasteiger partial charge in [-0.3, -0.25) is 4.79 Å². The fraction of sp³-hybridized carbons (Fsp3) is 0.333. The predicted molar refractivity (Wildman–Crippen MR) is 89.3 cm³/mol. The lowest BCUT2D eigenvalue weighted by Crippen LogP contribution is -2.15. The molecule has 1 N–H and O–H groups in total. The minimum Gasteiger partial charge on any atom is -0.360 e. The van der Waals surface area contributed by atoms with Gasteiger partial charge in [0.15, 0.2) is 11.3 Å². The molecule has 26 heavy (non-hydrogen) atoms. The van der Waals surface area contributed by atoms with Gasteiger partial charge in [-0.1, -0.05) is 0 Å². The minimum absolute atomic E-state index is 0.0807. The highest BCUT2D eigenvalue weighted by Gasteiger charge is 2.32. The van der Waals surface area contributed by atoms with Crippen LogP contribution in [0.2, 0.25) is 0 Å². The Morgan fingerprint density at radius 2 is 2.19 bits per heavy atom. The molecular formula is C15H15ClF2N6O2. The molecule has 3 heterocycles. The number of halogens is 3. The molecule has 3 aromatic heterocycles. The van der Waals surface area contributed by atoms with Crippen molar-refractivity contribution in [1.29, 1.82) is 0 Å². The van der Waals surface area contributed by atoms with E-state index in [4.69, 9.17) is 16.3 Å². The van der Waals surface area contributed by atoms with Crippen molar-refractivity contribution in [2.45, 2.75) is 26.0 Å². The fourth-order valence-electron chi connectivity index (χ4n) is 2.29. The molecule has 0 bridgehead atoms. The standard InChI is InChI=1S/C15H15ClF2N6O2/c1-3-26-8-23-7-10(6-19-23)21-14(25)11-5-13-20-9(2)4-12(15(16,17)18)24(13)22-11/h4-7H,3,8H2,1-2H3,(H,21,25). The van der Waals surface area contributed by atoms with Crippen LogP contribution in [-0.2, 0) is 16.8 Å². The number of rotatable bonds is 6. The van der Waals surface area contributed by atoms with Gasteiger partial charge in [0.2, 0.25) is 0 Å². The average molecular weight is 385 g/mol. The number of carbonyl (C=O) groups excluding carboxylic acids is 1. The first-order chi connectivity index (χ1) is 12.3. The van der Waals surface area contributed by atoms with Gasteiger partial charge in [0.05, 0.1) is 18.1 Å². The smallest absolute Gasteiger partial charge is 0.360 e. The van der Waals surface area contributed by atoms with Crippen LogP contribution in [0.15, 0.2) is 24.5 Å². The Balaban J connectivity index is 1.86. The summed E-state index contributed by atoms with van der Waals surface area (Å²) in [6, 6.07) is 2.42. The van der Waals surface area contributed by atoms with Crippen LogP contribution < -0.4 is 5.32 Å². The molecule has 0 unspecified atom stereocenters. The first-order valence-electron chi connectivity index (χ1n) is 7.64. The van der Waals surface area contributed by atoms with Gasteiger partial charge >= 0.3 is 5.38 Å². The van der Waals surface area contributed by atoms with Gasteiger partial charge in [0.1, 0.15) is 12.4 Å². The normalized spacial score (nSPS) is 11.9. The van der Waals surface area contributed by atoms with Crippen molar-refractivity contribution in [3.63, 3.8) is 0 Å². The number of aromatic nitrogens is 5. The Morgan fingerprint density at radius 3 is 2.88 bits per heavy atom. The van der Waals surface area contributed by atoms with Crippen molar-refractivity contribution in [1.82, 2.24) is 24.4 Å². The molecule has 3 rings (SSSR count). The third-order valence-corrected chi connectivity index (χ3v) is 3.59. The number of hydrogen-bond acceptors (Lipinski definition) is 5. The summed E-state index contributed by atoms with van der Waals surface area (Å²) in [4.78, 5) is 16.4. The van der Waals surface area contributed by atoms with E-state index < -0.39 is 17.0 Å². The second-order valence-electron chi connectivity index (χ2n) is 5.42. The van der Waals surface area contributed by atoms with Gasteiger partial charge in [-0.05, 0) is 31.5 Å². The van der Waals surface area contributed by atoms with Crippen molar-refractivity contribution in [2.75, 3.05) is 11.9 Å². The summed E-state index contributed by atoms with van der Waals surface area (Å²) in [6.45, 7) is 4.18. The lowest BCUT2D eigenvalue weighted by Gasteiger charge is -2.10. The predicted octanol–water partition coefficient (Wildman–Crippen LogP) is 2.77. The van der Waals surface area contributed by atoms with Crippen molar-refractivity contribution in [3.05, 3.63) is 41.6 Å². The van der Waals surface area contributed by atoms with Gasteiger partial charge in [-0.25, -0.2) is 14.2 Å². The van der Waals surface area contributed by atoms with E-state index in [1.165, 1.54) is 16.9 Å². The van der Waals surface area contributed by atoms with Crippen LogP contribution in [-0.4, -0.2) is 36.9 Å². The zero-order chi connectivity index (χ0) is 18.9. The Kier molecular flexibility index (Phi) is 4.88. The van der Waals surface area contributed by atoms with Crippen LogP contribution in [0.5, 0.6) is 0 Å². The molecular weight excluding hydrogens is 370 g/mol. The fourth-order valence-corrected chi connectivity index (χ4v) is 2.43. The molecule has 0 radical (unpaired) electrons. The largest absolute Gasteiger partial charge is 0.364 e. The van der Waals surface area contributed by atoms with E-state index in [-0.39, 0.29) is 18.1 Å². The zero-order valence-corrected chi connectivity index (χ0v) is 14.7. The third-order valence-electron chi connectivity index (χ3n) is 3.40. The maximum atomic E-state index is 13.6. The molecule has 11 heteroatoms. The summed E-state index contributed by atoms with van der Waals surface area (Å²) in [5, 5.41) is 6.86. The zero-order valence-electron chi connectivity index (χ0n) is 13.9. The van der Waals surface area contributed by atoms with Gasteiger partial charge in [-0.2, -0.15) is 19.0 Å². The number of aryl methyl sites for hydroxylation is 1. The SMILES string of the molecule is CCOCn1cc(NC(=O)c2cc3nc(C)cc(C(F)(F)Cl)n3n2)cn1. The quantitative estimate of drug-likeness (QED) is 0.660. The molecule has 0 aromatic carbocycles. The number of fused-ring (bicyclic) bond motifs is 1. The second kappa shape index (κ2) is 6.96. The van der Waals surface area contributed by atoms with Crippen LogP contribution in [0.1, 0.15) is 28.8 Å². The van der Waals surface area contributed by atoms with E-state index >= 15 is 0 Å². The summed E-state index contributed by atoms with van der Waals surface area (Å²) >= 11 is 5.13. The summed E-state index contributed by atoms with van der Waals surface area (Å²) in [5.74, 6) is -0.590. The van der Waals surface area contributed by atoms with E-state index in [0.29, 0.717) is 18.0 Å². The van der Waals surface area contributed by atoms with Crippen LogP contribution >= 0.6 is 11.6 Å². The van der Waals surface area contributed by atoms with Crippen LogP contribution in [0, 0.1) is 6.92 Å². The van der Waals surface area contributed by atoms with Crippen LogP contribution in [0.4, 0.5) is 14.5 Å². The maximum Gasteiger partial charge on any atom is 0.364 e. The number of ether oxygens (including phenoxy) is 1. The van der Waals surface area contributed by atoms with Crippen molar-refractivity contribution < 1.29 is 18.3 Å². The Morgan fingerprint density at radius 1 is 1.42 bits per heavy atom. The van der Waals surface area contributed by atoms with Crippen molar-refractivity contribution >= 4 is 28.8 Å². The molecule has 0 spiro atoms. The number of anilines is 1. The highest BCUT2D eigenvalue weighted by Crippen LogP contribution is 2.32. The Labute approximate surface area is 151 Å². The Hall–Kier alpha value is -2.59. The van der Waals surface area contributed by atoms with Gasteiger partial charge in [0, 0.05) is 18.4 Å². The molecule has 0 aliphatic rings. The number of amides is 1. The molecule has 0 atom stereocenters. The molecule has 0 saturated carbocycles. The lowest BCUT2D eigenvalue weighted by atomic mass is 10.3. The molecule has 0 aliphatic carbocycles. The van der Waals surface area contributed by atoms with Crippen molar-refractivity contribution in [3.8, 4) is 0 Å². The van der Waals surface area contributed by atoms with Gasteiger partial charge in [0.25, 0.3) is 5.91 Å². The third kappa shape index (κ3) is 3.81. The van der Waals surface area contributed by atoms with E-state index in [1.54, 1.807) is 13.1 Å². The number of nitrogens with zero attached hydrogens (tertiary/aromatic N) is 5. The molecule has 138 valence electrons. The van der Waals surface area contributed by atoms with Crippen LogP contribution in [0.25, 0.3) is 5.65 Å². The molecule has 8 nitrogen and oxygen atoms in total. The second-order valence-corrected chi connectivity index (χ2v) is 5.90. The number of carbonyl (C=O) groups is 1. The molecule has 0 fully saturated rings. The first-order valence-corrected chi connectivity index (χ1v) is 8.02. The highest BCUT2D eigenvalue weighted by atomic mass is 35.5. The lowest BCUT2D eigenvalue weighted by molar-refractivity contribution is 0.0792. The number of nitrogens with one attached hydrogen (secondary N) is 1. The topological polar surface area (TPSA) is 86.3 Å². The van der Waals surface area contributed by atoms with Crippen molar-refractivity contribution in [2.24, 2.45) is 0 Å². The van der Waals surface area contributed by atoms with Gasteiger partial charge < -0.3 is 10.1 Å². The Bertz CT molecular complexity index is 949. The molecule has 3 aromatic rings. The minimum atomic E-state index is -3.65. The summed E-state index contributed by atoms with van der Waals surface area (Å²) in [5.41, 5.74) is 0.196. The van der Waals surface area contributed by atoms with Crippen LogP contribution in [0.3, 0.4) is 0 Å². The van der Waals surface area contributed by atoms with E-state index in [0.717, 1.165) is 10.6 Å². The average Bonchev–Trinajstić information content (AvgIpc) is 3.17. The van der Waals surface area contributed by atoms with Gasteiger partial charge in [-0.15, -0.1) is 0 Å². The first kappa shape index (κ1) is 18.2. The number of hydrogen-bond donors (Lipinski definition) is 1.